The quantitative estimate of drug-likeness (QED) is 0.00713. The molecule has 4 amide bonds. The number of aliphatic carboxylic acids is 1. The van der Waals surface area contributed by atoms with E-state index in [4.69, 9.17) is 11.5 Å². The van der Waals surface area contributed by atoms with Crippen LogP contribution in [0.3, 0.4) is 0 Å². The van der Waals surface area contributed by atoms with Gasteiger partial charge in [-0.2, -0.15) is 38.2 Å². The Morgan fingerprint density at radius 2 is 1.27 bits per heavy atom. The summed E-state index contributed by atoms with van der Waals surface area (Å²) in [5, 5.41) is 20.6. The molecule has 0 bridgehead atoms. The largest absolute Gasteiger partial charge is 0.481 e. The van der Waals surface area contributed by atoms with Crippen LogP contribution < -0.4 is 37.6 Å². The molecule has 0 spiro atoms. The molecule has 3 heterocycles. The zero-order valence-electron chi connectivity index (χ0n) is 57.4. The van der Waals surface area contributed by atoms with Crippen molar-refractivity contribution in [2.75, 3.05) is 37.6 Å². The zero-order valence-corrected chi connectivity index (χ0v) is 60.7. The van der Waals surface area contributed by atoms with Gasteiger partial charge in [0.25, 0.3) is 40.5 Å². The average molecular weight is 1500 g/mol. The van der Waals surface area contributed by atoms with E-state index in [1.165, 1.54) is 12.1 Å². The maximum atomic E-state index is 14.4. The minimum Gasteiger partial charge on any atom is -0.481 e. The SMILES string of the molecule is CCN1C(=CC=CC=CC2=[N+](CCCCCC(=O)NCCCC[C@@H]3NC(=O)[C@@H](Cc4ccccc4)CC(=O)[C@H](CC(=O)O)NC(=O)CNC(=O)[C@H](CCCN=C(N)N)CC3=O)c3ccc4c(S(=O)(=O)O)cc(S(=O)(=O)O)cc4c3C2(C)C)C(C)(C)c2c1ccc1c(S(=O)(=O)O)cc(S(=O)(=O)O)cc21. The first-order chi connectivity index (χ1) is 48.2. The molecule has 0 unspecified atom stereocenters. The number of carbonyl (C=O) groups is 7. The van der Waals surface area contributed by atoms with Gasteiger partial charge in [0.15, 0.2) is 23.2 Å². The summed E-state index contributed by atoms with van der Waals surface area (Å²) in [4.78, 5) is 97.5. The van der Waals surface area contributed by atoms with Crippen molar-refractivity contribution in [2.24, 2.45) is 28.3 Å². The number of anilines is 1. The number of aliphatic imine (C=N–C) groups is 1. The molecule has 3 aliphatic heterocycles. The van der Waals surface area contributed by atoms with E-state index in [1.54, 1.807) is 60.7 Å². The van der Waals surface area contributed by atoms with Crippen molar-refractivity contribution in [1.29, 1.82) is 0 Å². The zero-order chi connectivity index (χ0) is 75.7. The number of nitrogens with one attached hydrogen (secondary N) is 4. The topological polar surface area (TPSA) is 476 Å². The number of hydrogen-bond donors (Lipinski definition) is 11. The van der Waals surface area contributed by atoms with Crippen molar-refractivity contribution in [2.45, 2.75) is 161 Å². The summed E-state index contributed by atoms with van der Waals surface area (Å²) in [7, 11) is -20.0. The molecule has 1 saturated heterocycles. The molecule has 1 fully saturated rings. The molecule has 0 saturated carbocycles. The maximum absolute atomic E-state index is 14.4. The minimum atomic E-state index is -5.06. The molecule has 0 aromatic heterocycles. The Labute approximate surface area is 597 Å². The van der Waals surface area contributed by atoms with Crippen LogP contribution in [0.25, 0.3) is 21.5 Å². The Morgan fingerprint density at radius 3 is 1.87 bits per heavy atom. The first-order valence-electron chi connectivity index (χ1n) is 33.3. The lowest BCUT2D eigenvalue weighted by molar-refractivity contribution is -0.438. The van der Waals surface area contributed by atoms with Gasteiger partial charge < -0.3 is 42.7 Å². The lowest BCUT2D eigenvalue weighted by Crippen LogP contribution is -2.48. The number of likely N-dealkylation sites (N-methyl/N-ethyl adjacent to an activating group) is 1. The molecule has 8 rings (SSSR count). The summed E-state index contributed by atoms with van der Waals surface area (Å²) >= 11 is 0. The highest BCUT2D eigenvalue weighted by atomic mass is 32.2. The molecule has 29 nitrogen and oxygen atoms in total. The first kappa shape index (κ1) is 79.6. The van der Waals surface area contributed by atoms with Crippen LogP contribution in [-0.4, -0.2) is 159 Å². The van der Waals surface area contributed by atoms with Gasteiger partial charge in [0, 0.05) is 102 Å². The number of rotatable bonds is 27. The number of unbranched alkanes of at least 4 members (excludes halogenated alkanes) is 3. The second kappa shape index (κ2) is 32.7. The van der Waals surface area contributed by atoms with Gasteiger partial charge in [0.05, 0.1) is 40.3 Å². The summed E-state index contributed by atoms with van der Waals surface area (Å²) in [6.45, 7) is 9.61. The van der Waals surface area contributed by atoms with E-state index in [2.05, 4.69) is 26.3 Å². The molecular formula is C70H86N9O20S4+. The number of ketones is 2. The van der Waals surface area contributed by atoms with Gasteiger partial charge in [-0.25, -0.2) is 0 Å². The van der Waals surface area contributed by atoms with E-state index in [9.17, 15) is 90.6 Å². The van der Waals surface area contributed by atoms with E-state index < -0.39 is 149 Å². The molecule has 0 radical (unpaired) electrons. The highest BCUT2D eigenvalue weighted by molar-refractivity contribution is 7.87. The van der Waals surface area contributed by atoms with Crippen molar-refractivity contribution in [1.82, 2.24) is 21.3 Å². The summed E-state index contributed by atoms with van der Waals surface area (Å²) in [5.74, 6) is -7.55. The van der Waals surface area contributed by atoms with Crippen LogP contribution in [0.4, 0.5) is 11.4 Å². The molecule has 103 heavy (non-hydrogen) atoms. The number of fused-ring (bicyclic) bond motifs is 6. The summed E-state index contributed by atoms with van der Waals surface area (Å²) in [5.41, 5.74) is 13.2. The van der Waals surface area contributed by atoms with Gasteiger partial charge in [-0.15, -0.1) is 0 Å². The van der Waals surface area contributed by atoms with Gasteiger partial charge >= 0.3 is 5.97 Å². The summed E-state index contributed by atoms with van der Waals surface area (Å²) in [6.07, 6.45) is 9.71. The van der Waals surface area contributed by atoms with Gasteiger partial charge in [0.2, 0.25) is 29.3 Å². The number of Topliss-reactive ketones (excluding diaryl/α,β-unsaturated/α-hetero) is 2. The van der Waals surface area contributed by atoms with E-state index >= 15 is 0 Å². The van der Waals surface area contributed by atoms with Crippen LogP contribution in [0.1, 0.15) is 128 Å². The maximum Gasteiger partial charge on any atom is 0.305 e. The van der Waals surface area contributed by atoms with Crippen LogP contribution in [-0.2, 0) is 91.3 Å². The van der Waals surface area contributed by atoms with Crippen molar-refractivity contribution in [3.8, 4) is 0 Å². The molecule has 4 atom stereocenters. The Bertz CT molecular complexity index is 4840. The van der Waals surface area contributed by atoms with Crippen LogP contribution in [0.15, 0.2) is 140 Å². The number of nitrogens with zero attached hydrogens (tertiary/aromatic N) is 3. The molecule has 554 valence electrons. The van der Waals surface area contributed by atoms with E-state index in [0.717, 1.165) is 12.1 Å². The summed E-state index contributed by atoms with van der Waals surface area (Å²) < 4.78 is 144. The predicted molar refractivity (Wildman–Crippen MR) is 383 cm³/mol. The third-order valence-electron chi connectivity index (χ3n) is 18.7. The number of guanidine groups is 1. The van der Waals surface area contributed by atoms with Crippen molar-refractivity contribution in [3.63, 3.8) is 0 Å². The fourth-order valence-electron chi connectivity index (χ4n) is 13.8. The molecule has 5 aromatic carbocycles. The number of amides is 4. The molecule has 13 N–H and O–H groups in total. The molecule has 3 aliphatic rings. The number of hydrogen-bond acceptors (Lipinski definition) is 17. The Balaban J connectivity index is 0.989. The van der Waals surface area contributed by atoms with Crippen LogP contribution >= 0.6 is 0 Å². The first-order valence-corrected chi connectivity index (χ1v) is 39.1. The van der Waals surface area contributed by atoms with Crippen molar-refractivity contribution >= 4 is 126 Å². The number of carbonyl (C=O) groups excluding carboxylic acids is 6. The second-order valence-corrected chi connectivity index (χ2v) is 32.3. The number of carboxylic acids is 1. The van der Waals surface area contributed by atoms with Crippen LogP contribution in [0, 0.1) is 11.8 Å². The molecule has 5 aromatic rings. The third-order valence-corrected chi connectivity index (χ3v) is 22.2. The highest BCUT2D eigenvalue weighted by Crippen LogP contribution is 2.52. The number of nitrogens with two attached hydrogens (primary N) is 2. The third kappa shape index (κ3) is 19.4. The summed E-state index contributed by atoms with van der Waals surface area (Å²) in [6, 6.07) is 15.8. The van der Waals surface area contributed by atoms with Crippen molar-refractivity contribution in [3.05, 3.63) is 132 Å². The van der Waals surface area contributed by atoms with Gasteiger partial charge in [-0.1, -0.05) is 68.5 Å². The Morgan fingerprint density at radius 1 is 0.660 bits per heavy atom. The molecular weight excluding hydrogens is 1420 g/mol. The van der Waals surface area contributed by atoms with Gasteiger partial charge in [-0.05, 0) is 137 Å². The van der Waals surface area contributed by atoms with Gasteiger partial charge in [-0.3, -0.25) is 56.8 Å². The lowest BCUT2D eigenvalue weighted by Gasteiger charge is -2.26. The van der Waals surface area contributed by atoms with E-state index in [0.29, 0.717) is 90.4 Å². The molecule has 33 heteroatoms. The number of benzene rings is 5. The average Bonchev–Trinajstić information content (AvgIpc) is 1.59. The van der Waals surface area contributed by atoms with Crippen molar-refractivity contribution < 1.29 is 95.1 Å². The monoisotopic (exact) mass is 1500 g/mol. The van der Waals surface area contributed by atoms with Gasteiger partial charge in [0.1, 0.15) is 16.3 Å². The minimum absolute atomic E-state index is 0.0114. The normalized spacial score (nSPS) is 19.7. The number of allylic oxidation sites excluding steroid dienone is 6. The molecule has 0 aliphatic carbocycles. The predicted octanol–water partition coefficient (Wildman–Crippen LogP) is 6.04. The second-order valence-electron chi connectivity index (χ2n) is 26.7. The van der Waals surface area contributed by atoms with E-state index in [1.807, 2.05) is 56.2 Å². The number of carboxylic acid groups (broad SMARTS) is 1. The standard InChI is InChI=1S/C70H85N9O20S4/c1-6-78-53-28-26-47-49(36-45(100(88,89)90)38-57(47)102(94,95)96)64(53)69(2,3)59(78)23-12-8-13-24-60-70(4,5)65-50-37-46(101(91,92)93)39-58(103(97,98)99)48(50)27-29-54(65)79(60)32-17-9-14-25-61(82)73-30-16-15-22-51-55(80)34-43(21-18-31-74-68(71)72)66(86)75-41-62(83)76-52(40-63(84)85)56(81)35-44(67(87)77-51)33-42-19-10-7-11-20-42/h7-8,10-13,19-20,23-24,26-29,36-39,43-44,51-52H,6,9,14-18,21-22,25,30-35,40-41H2,1-5H3,(H12-,71,72,73,74,75,76,77,82,83,84,85,86,87,88,89,90,91,92,93,94,95,96,97,98,99)/p+1/t43-,44+,51+,52+/m1/s1. The van der Waals surface area contributed by atoms with Crippen LogP contribution in [0.5, 0.6) is 0 Å². The van der Waals surface area contributed by atoms with E-state index in [-0.39, 0.29) is 91.4 Å². The Hall–Kier alpha value is -9.09. The fourth-order valence-corrected chi connectivity index (χ4v) is 16.5. The fraction of sp³-hybridized carbons (Fsp3) is 0.414. The lowest BCUT2D eigenvalue weighted by atomic mass is 9.79. The van der Waals surface area contributed by atoms with Crippen LogP contribution in [0.2, 0.25) is 0 Å². The smallest absolute Gasteiger partial charge is 0.305 e. The highest BCUT2D eigenvalue weighted by Gasteiger charge is 2.47. The Kier molecular flexibility index (Phi) is 25.3.